The Hall–Kier alpha value is -15.2. The number of rotatable bonds is 13. The minimum absolute atomic E-state index is 0.105. The number of benzene rings is 22. The maximum Gasteiger partial charge on any atom is 0.0645 e. The van der Waals surface area contributed by atoms with Crippen molar-refractivity contribution in [3.8, 4) is 77.9 Å². The van der Waals surface area contributed by atoms with E-state index >= 15 is 0 Å². The summed E-state index contributed by atoms with van der Waals surface area (Å²) < 4.78 is 157. The highest BCUT2D eigenvalue weighted by Gasteiger charge is 2.24. The third-order valence-corrected chi connectivity index (χ3v) is 22.1. The fraction of sp³-hybridized carbons (Fsp3) is 0. The lowest BCUT2D eigenvalue weighted by molar-refractivity contribution is 1.30. The van der Waals surface area contributed by atoms with Gasteiger partial charge in [-0.05, 0) is 231 Å². The van der Waals surface area contributed by atoms with Gasteiger partial charge in [0.05, 0.1) is 33.3 Å². The second-order valence-electron chi connectivity index (χ2n) is 28.8. The summed E-state index contributed by atoms with van der Waals surface area (Å²) in [6, 6.07) is 111. The quantitative estimate of drug-likeness (QED) is 0.106. The van der Waals surface area contributed by atoms with Gasteiger partial charge in [-0.3, -0.25) is 0 Å². The Labute approximate surface area is 697 Å². The van der Waals surface area contributed by atoms with E-state index in [9.17, 15) is 21.9 Å². The molecule has 0 aliphatic rings. The van der Waals surface area contributed by atoms with Gasteiger partial charge in [0.1, 0.15) is 0 Å². The van der Waals surface area contributed by atoms with Crippen LogP contribution in [0.4, 0.5) is 34.1 Å². The summed E-state index contributed by atoms with van der Waals surface area (Å²) in [4.78, 5) is 2.86. The van der Waals surface area contributed by atoms with E-state index in [-0.39, 0.29) is 105 Å². The molecule has 2 heteroatoms. The van der Waals surface area contributed by atoms with Crippen LogP contribution in [0, 0.1) is 0 Å². The molecule has 0 saturated heterocycles. The summed E-state index contributed by atoms with van der Waals surface area (Å²) in [6.45, 7) is 0. The van der Waals surface area contributed by atoms with Crippen LogP contribution in [0.25, 0.3) is 175 Å². The van der Waals surface area contributed by atoms with Crippen LogP contribution in [0.15, 0.2) is 461 Å². The normalized spacial score (nSPS) is 13.4. The minimum Gasteiger partial charge on any atom is -0.310 e. The summed E-state index contributed by atoms with van der Waals surface area (Å²) in [5, 5.41) is 15.4. The number of fused-ring (bicyclic) bond motifs is 13. The lowest BCUT2D eigenvalue weighted by Gasteiger charge is -2.28. The zero-order valence-electron chi connectivity index (χ0n) is 78.5. The molecule has 22 aromatic carbocycles. The highest BCUT2D eigenvalue weighted by molar-refractivity contribution is 6.24. The maximum atomic E-state index is 10.0. The van der Waals surface area contributed by atoms with Gasteiger partial charge in [-0.1, -0.05) is 394 Å². The molecule has 0 aliphatic carbocycles. The van der Waals surface area contributed by atoms with Crippen molar-refractivity contribution in [2.45, 2.75) is 0 Å². The maximum absolute atomic E-state index is 10.0. The van der Waals surface area contributed by atoms with E-state index in [2.05, 4.69) is 12.1 Å². The molecular weight excluding hydrogens is 1400 g/mol. The highest BCUT2D eigenvalue weighted by atomic mass is 15.1. The Bertz CT molecular complexity index is 8430. The van der Waals surface area contributed by atoms with Crippen LogP contribution in [-0.2, 0) is 0 Å². The Balaban J connectivity index is 0.000000159. The van der Waals surface area contributed by atoms with E-state index in [1.807, 2.05) is 334 Å². The molecule has 0 heterocycles. The van der Waals surface area contributed by atoms with Crippen LogP contribution in [0.3, 0.4) is 0 Å². The number of nitrogens with zero attached hydrogens (tertiary/aromatic N) is 2. The summed E-state index contributed by atoms with van der Waals surface area (Å²) >= 11 is 0. The molecule has 0 fully saturated rings. The van der Waals surface area contributed by atoms with E-state index in [1.165, 1.54) is 9.80 Å². The van der Waals surface area contributed by atoms with Crippen molar-refractivity contribution in [3.63, 3.8) is 0 Å². The Morgan fingerprint density at radius 2 is 0.371 bits per heavy atom. The van der Waals surface area contributed by atoms with Gasteiger partial charge < -0.3 is 9.80 Å². The smallest absolute Gasteiger partial charge is 0.0645 e. The van der Waals surface area contributed by atoms with Gasteiger partial charge >= 0.3 is 0 Å². The van der Waals surface area contributed by atoms with E-state index in [4.69, 9.17) is 0 Å². The molecular formula is C114H76N2. The van der Waals surface area contributed by atoms with Gasteiger partial charge in [-0.15, -0.1) is 0 Å². The van der Waals surface area contributed by atoms with Gasteiger partial charge in [0.25, 0.3) is 0 Å². The number of hydrogen-bond donors (Lipinski definition) is 0. The predicted molar refractivity (Wildman–Crippen MR) is 498 cm³/mol. The molecule has 0 bridgehead atoms. The molecule has 116 heavy (non-hydrogen) atoms. The lowest BCUT2D eigenvalue weighted by Crippen LogP contribution is -2.10. The number of anilines is 6. The molecule has 0 spiro atoms. The van der Waals surface area contributed by atoms with Crippen LogP contribution in [0.5, 0.6) is 0 Å². The standard InChI is InChI=1S/C58H39N.C56H37N/c1-3-15-40(16-4-1)41-27-29-42(30-28-41)43-31-35-47(36-32-43)59(56-39-46-19-7-8-20-49(46)50-21-9-12-24-53(50)56)48-37-33-45(34-38-48)58-55-26-14-11-23-52(55)51-22-10-13-25-54(51)57(58)44-17-5-2-6-18-44;1-2-15-40(16-3-1)55-52-24-12-9-21-49(52)50-22-10-13-25-53(50)56(55)41-30-34-46(35-31-41)57(54-37-44-18-6-7-19-47(44)48-20-8-11-23-51(48)54)45-32-28-39(29-33-45)43-27-26-38-14-4-5-17-42(38)36-43/h1-39H;1-37H/i31D,32D,33D,34D,35D,36D,37D,38D;28D,29D,30D,31D,32D,33D,34D,35D. The zero-order chi connectivity index (χ0) is 90.8. The van der Waals surface area contributed by atoms with Gasteiger partial charge in [0, 0.05) is 33.5 Å². The Morgan fingerprint density at radius 1 is 0.138 bits per heavy atom. The lowest BCUT2D eigenvalue weighted by atomic mass is 9.85. The van der Waals surface area contributed by atoms with Crippen LogP contribution < -0.4 is 9.80 Å². The molecule has 0 N–H and O–H groups in total. The van der Waals surface area contributed by atoms with Crippen molar-refractivity contribution in [2.24, 2.45) is 0 Å². The van der Waals surface area contributed by atoms with E-state index in [0.29, 0.717) is 44.4 Å². The van der Waals surface area contributed by atoms with Crippen molar-refractivity contribution in [1.29, 1.82) is 0 Å². The van der Waals surface area contributed by atoms with Crippen LogP contribution in [0.2, 0.25) is 0 Å². The molecule has 0 amide bonds. The summed E-state index contributed by atoms with van der Waals surface area (Å²) in [7, 11) is 0. The molecule has 2 nitrogen and oxygen atoms in total. The van der Waals surface area contributed by atoms with E-state index < -0.39 is 36.3 Å². The minimum atomic E-state index is -0.401. The molecule has 0 aliphatic heterocycles. The van der Waals surface area contributed by atoms with Crippen LogP contribution in [0.1, 0.15) is 21.9 Å². The summed E-state index contributed by atoms with van der Waals surface area (Å²) in [6.07, 6.45) is 0. The molecule has 0 saturated carbocycles. The van der Waals surface area contributed by atoms with E-state index in [0.717, 1.165) is 120 Å². The summed E-state index contributed by atoms with van der Waals surface area (Å²) in [5.41, 5.74) is 7.71. The molecule has 0 radical (unpaired) electrons. The monoisotopic (exact) mass is 1490 g/mol. The second kappa shape index (κ2) is 29.8. The first-order chi connectivity index (χ1) is 64.3. The average Bonchev–Trinajstić information content (AvgIpc) is 0.713. The van der Waals surface area contributed by atoms with Gasteiger partial charge in [-0.2, -0.15) is 0 Å². The van der Waals surface area contributed by atoms with Gasteiger partial charge in [-0.25, -0.2) is 0 Å². The van der Waals surface area contributed by atoms with Crippen LogP contribution in [-0.4, -0.2) is 0 Å². The predicted octanol–water partition coefficient (Wildman–Crippen LogP) is 32.4. The third-order valence-electron chi connectivity index (χ3n) is 22.1. The Kier molecular flexibility index (Phi) is 13.8. The second-order valence-corrected chi connectivity index (χ2v) is 28.8. The van der Waals surface area contributed by atoms with Crippen molar-refractivity contribution in [1.82, 2.24) is 0 Å². The molecule has 0 atom stereocenters. The van der Waals surface area contributed by atoms with Gasteiger partial charge in [0.2, 0.25) is 0 Å². The van der Waals surface area contributed by atoms with Gasteiger partial charge in [0.15, 0.2) is 0 Å². The molecule has 22 aromatic rings. The largest absolute Gasteiger partial charge is 0.310 e. The molecule has 0 aromatic heterocycles. The summed E-state index contributed by atoms with van der Waals surface area (Å²) in [5.74, 6) is 0. The number of hydrogen-bond acceptors (Lipinski definition) is 2. The average molecular weight is 1490 g/mol. The fourth-order valence-electron chi connectivity index (χ4n) is 16.8. The van der Waals surface area contributed by atoms with Crippen molar-refractivity contribution in [3.05, 3.63) is 461 Å². The first kappa shape index (κ1) is 53.6. The van der Waals surface area contributed by atoms with Crippen LogP contribution >= 0.6 is 0 Å². The fourth-order valence-corrected chi connectivity index (χ4v) is 16.8. The third kappa shape index (κ3) is 12.5. The first-order valence-electron chi connectivity index (χ1n) is 46.7. The molecule has 22 rings (SSSR count). The zero-order valence-corrected chi connectivity index (χ0v) is 62.5. The molecule has 0 unspecified atom stereocenters. The van der Waals surface area contributed by atoms with Crippen molar-refractivity contribution < 1.29 is 21.9 Å². The highest BCUT2D eigenvalue weighted by Crippen LogP contribution is 2.51. The topological polar surface area (TPSA) is 6.48 Å². The SMILES string of the molecule is [2H]c1c([2H])c(N(c2c([2H])c([2H])c(-c3c(-c4ccccc4)c4ccccc4c4ccccc34)c([2H])c2[2H])c2cc3ccccc3c3ccccc23)c([2H])c([2H])c1-c1ccc(-c2ccccc2)cc1.[2H]c1c([2H])c(N(c2c([2H])c([2H])c(-c3c(-c4ccccc4)c4ccccc4c4ccccc34)c([2H])c2[2H])c2cc3ccccc3c3ccccc23)c([2H])c([2H])c1-c1ccc2ccccc2c1. The first-order valence-corrected chi connectivity index (χ1v) is 38.7. The van der Waals surface area contributed by atoms with E-state index in [1.54, 1.807) is 18.2 Å². The van der Waals surface area contributed by atoms with Crippen molar-refractivity contribution >= 4 is 131 Å². The molecule has 542 valence electrons. The van der Waals surface area contributed by atoms with Crippen molar-refractivity contribution in [2.75, 3.05) is 9.80 Å². The Morgan fingerprint density at radius 3 is 0.733 bits per heavy atom.